The van der Waals surface area contributed by atoms with Crippen LogP contribution in [0.2, 0.25) is 5.02 Å². The van der Waals surface area contributed by atoms with Gasteiger partial charge in [0.25, 0.3) is 0 Å². The van der Waals surface area contributed by atoms with E-state index in [4.69, 9.17) is 30.9 Å². The fourth-order valence-corrected chi connectivity index (χ4v) is 2.87. The number of esters is 1. The molecule has 0 spiro atoms. The Bertz CT molecular complexity index is 949. The van der Waals surface area contributed by atoms with Crippen molar-refractivity contribution in [3.63, 3.8) is 0 Å². The molecule has 0 aromatic heterocycles. The molecule has 1 N–H and O–H groups in total. The summed E-state index contributed by atoms with van der Waals surface area (Å²) in [5.74, 6) is 0.0750. The second-order valence-corrected chi connectivity index (χ2v) is 7.71. The first-order chi connectivity index (χ1) is 14.5. The minimum atomic E-state index is -4.46. The molecule has 10 heteroatoms. The van der Waals surface area contributed by atoms with E-state index in [0.717, 1.165) is 12.1 Å². The average molecular weight is 524 g/mol. The van der Waals surface area contributed by atoms with Crippen LogP contribution in [0.5, 0.6) is 17.2 Å². The van der Waals surface area contributed by atoms with Crippen molar-refractivity contribution in [2.45, 2.75) is 32.2 Å². The highest BCUT2D eigenvalue weighted by Crippen LogP contribution is 2.38. The zero-order valence-corrected chi connectivity index (χ0v) is 18.8. The van der Waals surface area contributed by atoms with Gasteiger partial charge >= 0.3 is 12.1 Å². The molecule has 0 saturated heterocycles. The quantitative estimate of drug-likeness (QED) is 0.332. The van der Waals surface area contributed by atoms with E-state index >= 15 is 0 Å². The molecule has 2 atom stereocenters. The van der Waals surface area contributed by atoms with Gasteiger partial charge in [0, 0.05) is 12.1 Å². The van der Waals surface area contributed by atoms with Gasteiger partial charge in [-0.3, -0.25) is 0 Å². The fraction of sp³-hybridized carbons (Fsp3) is 0.286. The molecule has 0 aliphatic rings. The number of ether oxygens (including phenoxy) is 3. The number of carbonyl (C=O) groups is 1. The second-order valence-electron chi connectivity index (χ2n) is 6.45. The first-order valence-corrected chi connectivity index (χ1v) is 10.2. The lowest BCUT2D eigenvalue weighted by atomic mass is 10.2. The van der Waals surface area contributed by atoms with E-state index in [1.165, 1.54) is 36.4 Å². The number of benzene rings is 2. The van der Waals surface area contributed by atoms with E-state index in [1.807, 2.05) is 0 Å². The maximum atomic E-state index is 12.8. The maximum absolute atomic E-state index is 12.8. The van der Waals surface area contributed by atoms with Crippen molar-refractivity contribution in [1.82, 2.24) is 0 Å². The highest BCUT2D eigenvalue weighted by Gasteiger charge is 2.31. The number of aliphatic hydroxyl groups is 1. The summed E-state index contributed by atoms with van der Waals surface area (Å²) < 4.78 is 54.8. The molecule has 2 aromatic rings. The molecule has 2 aromatic carbocycles. The number of halogens is 5. The van der Waals surface area contributed by atoms with Gasteiger partial charge in [0.1, 0.15) is 29.5 Å². The van der Waals surface area contributed by atoms with Gasteiger partial charge in [-0.15, -0.1) is 0 Å². The summed E-state index contributed by atoms with van der Waals surface area (Å²) in [5.41, 5.74) is -0.806. The monoisotopic (exact) mass is 522 g/mol. The van der Waals surface area contributed by atoms with Gasteiger partial charge in [-0.25, -0.2) is 4.79 Å². The predicted molar refractivity (Wildman–Crippen MR) is 113 cm³/mol. The van der Waals surface area contributed by atoms with Crippen molar-refractivity contribution in [2.75, 3.05) is 6.61 Å². The van der Waals surface area contributed by atoms with Crippen molar-refractivity contribution in [1.29, 1.82) is 0 Å². The smallest absolute Gasteiger partial charge is 0.416 e. The number of carbonyl (C=O) groups excluding carboxylic acids is 1. The van der Waals surface area contributed by atoms with E-state index in [0.29, 0.717) is 0 Å². The lowest BCUT2D eigenvalue weighted by Crippen LogP contribution is -2.17. The van der Waals surface area contributed by atoms with Crippen LogP contribution >= 0.6 is 27.5 Å². The van der Waals surface area contributed by atoms with Crippen LogP contribution in [0.1, 0.15) is 19.4 Å². The third kappa shape index (κ3) is 7.75. The van der Waals surface area contributed by atoms with Crippen LogP contribution in [0.25, 0.3) is 0 Å². The second kappa shape index (κ2) is 10.9. The van der Waals surface area contributed by atoms with Crippen LogP contribution in [-0.2, 0) is 15.7 Å². The molecule has 0 saturated carbocycles. The number of aliphatic hydroxyl groups excluding tert-OH is 1. The van der Waals surface area contributed by atoms with Crippen LogP contribution in [0.3, 0.4) is 0 Å². The molecule has 0 aliphatic carbocycles. The number of rotatable bonds is 8. The molecule has 2 rings (SSSR count). The van der Waals surface area contributed by atoms with Crippen molar-refractivity contribution in [3.05, 3.63) is 63.6 Å². The van der Waals surface area contributed by atoms with Crippen LogP contribution < -0.4 is 9.47 Å². The van der Waals surface area contributed by atoms with Crippen molar-refractivity contribution < 1.29 is 37.3 Å². The Hall–Kier alpha value is -2.23. The molecule has 31 heavy (non-hydrogen) atoms. The summed E-state index contributed by atoms with van der Waals surface area (Å²) in [6.45, 7) is 2.92. The Labute approximate surface area is 190 Å². The largest absolute Gasteiger partial charge is 0.485 e. The van der Waals surface area contributed by atoms with Crippen LogP contribution in [0.15, 0.2) is 53.0 Å². The molecule has 0 aliphatic heterocycles. The Morgan fingerprint density at radius 1 is 1.19 bits per heavy atom. The van der Waals surface area contributed by atoms with E-state index in [1.54, 1.807) is 13.8 Å². The lowest BCUT2D eigenvalue weighted by Gasteiger charge is -2.15. The third-order valence-electron chi connectivity index (χ3n) is 3.78. The topological polar surface area (TPSA) is 65.0 Å². The average Bonchev–Trinajstić information content (AvgIpc) is 2.69. The molecule has 168 valence electrons. The summed E-state index contributed by atoms with van der Waals surface area (Å²) in [6, 6.07) is 7.56. The van der Waals surface area contributed by atoms with Crippen molar-refractivity contribution in [2.24, 2.45) is 0 Å². The fourth-order valence-electron chi connectivity index (χ4n) is 2.25. The van der Waals surface area contributed by atoms with Gasteiger partial charge in [-0.1, -0.05) is 11.6 Å². The van der Waals surface area contributed by atoms with Crippen LogP contribution in [0.4, 0.5) is 13.2 Å². The first kappa shape index (κ1) is 25.0. The lowest BCUT2D eigenvalue weighted by molar-refractivity contribution is -0.144. The van der Waals surface area contributed by atoms with E-state index in [-0.39, 0.29) is 33.4 Å². The Kier molecular flexibility index (Phi) is 8.79. The van der Waals surface area contributed by atoms with Crippen LogP contribution in [-0.4, -0.2) is 29.9 Å². The molecule has 0 fully saturated rings. The summed E-state index contributed by atoms with van der Waals surface area (Å²) in [6.07, 6.45) is -3.04. The SMILES string of the molecule is CC(C=CC(=O)OC(C)CO)Oc1cc(Oc2ccc(C(F)(F)F)cc2Br)ccc1Cl. The number of alkyl halides is 3. The van der Waals surface area contributed by atoms with E-state index < -0.39 is 29.9 Å². The Balaban J connectivity index is 2.09. The third-order valence-corrected chi connectivity index (χ3v) is 4.71. The molecule has 0 radical (unpaired) electrons. The Morgan fingerprint density at radius 2 is 1.90 bits per heavy atom. The molecular formula is C21H19BrClF3O5. The minimum absolute atomic E-state index is 0.131. The molecule has 0 amide bonds. The maximum Gasteiger partial charge on any atom is 0.416 e. The van der Waals surface area contributed by atoms with Gasteiger partial charge < -0.3 is 19.3 Å². The summed E-state index contributed by atoms with van der Waals surface area (Å²) in [4.78, 5) is 11.6. The summed E-state index contributed by atoms with van der Waals surface area (Å²) >= 11 is 9.21. The normalized spacial score (nSPS) is 13.7. The minimum Gasteiger partial charge on any atom is -0.485 e. The van der Waals surface area contributed by atoms with Gasteiger partial charge in [0.05, 0.1) is 21.7 Å². The first-order valence-electron chi connectivity index (χ1n) is 9.00. The van der Waals surface area contributed by atoms with Gasteiger partial charge in [-0.05, 0) is 66.2 Å². The van der Waals surface area contributed by atoms with Crippen molar-refractivity contribution >= 4 is 33.5 Å². The molecule has 2 unspecified atom stereocenters. The zero-order chi connectivity index (χ0) is 23.2. The van der Waals surface area contributed by atoms with E-state index in [9.17, 15) is 18.0 Å². The predicted octanol–water partition coefficient (Wildman–Crippen LogP) is 6.16. The number of hydrogen-bond donors (Lipinski definition) is 1. The highest BCUT2D eigenvalue weighted by atomic mass is 79.9. The van der Waals surface area contributed by atoms with Gasteiger partial charge in [0.15, 0.2) is 0 Å². The van der Waals surface area contributed by atoms with E-state index in [2.05, 4.69) is 15.9 Å². The number of hydrogen-bond acceptors (Lipinski definition) is 5. The molecule has 5 nitrogen and oxygen atoms in total. The summed E-state index contributed by atoms with van der Waals surface area (Å²) in [5, 5.41) is 9.15. The molecular weight excluding hydrogens is 505 g/mol. The zero-order valence-electron chi connectivity index (χ0n) is 16.5. The highest BCUT2D eigenvalue weighted by molar-refractivity contribution is 9.10. The summed E-state index contributed by atoms with van der Waals surface area (Å²) in [7, 11) is 0. The van der Waals surface area contributed by atoms with Gasteiger partial charge in [0.2, 0.25) is 0 Å². The molecule has 0 heterocycles. The standard InChI is InChI=1S/C21H19BrClF3O5/c1-12(3-8-20(28)30-13(2)11-27)29-19-10-15(5-6-17(19)23)31-18-7-4-14(9-16(18)22)21(24,25)26/h3-10,12-13,27H,11H2,1-2H3. The molecule has 0 bridgehead atoms. The van der Waals surface area contributed by atoms with Crippen LogP contribution in [0, 0.1) is 0 Å². The van der Waals surface area contributed by atoms with Gasteiger partial charge in [-0.2, -0.15) is 13.2 Å². The Morgan fingerprint density at radius 3 is 2.52 bits per heavy atom. The van der Waals surface area contributed by atoms with Crippen molar-refractivity contribution in [3.8, 4) is 17.2 Å².